The van der Waals surface area contributed by atoms with Gasteiger partial charge in [-0.25, -0.2) is 0 Å². The van der Waals surface area contributed by atoms with Crippen LogP contribution in [0, 0.1) is 0 Å². The zero-order valence-electron chi connectivity index (χ0n) is 12.8. The molecule has 0 saturated heterocycles. The molecule has 0 aromatic heterocycles. The molecule has 114 valence electrons. The van der Waals surface area contributed by atoms with E-state index in [-0.39, 0.29) is 0 Å². The molecular formula is C15H25NO4. The molecule has 0 aliphatic heterocycles. The van der Waals surface area contributed by atoms with Crippen molar-refractivity contribution in [2.75, 3.05) is 41.6 Å². The van der Waals surface area contributed by atoms with Gasteiger partial charge >= 0.3 is 0 Å². The third kappa shape index (κ3) is 4.90. The van der Waals surface area contributed by atoms with Gasteiger partial charge < -0.3 is 24.3 Å². The molecule has 0 amide bonds. The number of unbranched alkanes of at least 4 members (excludes halogenated alkanes) is 1. The van der Waals surface area contributed by atoms with Crippen molar-refractivity contribution in [3.63, 3.8) is 0 Å². The van der Waals surface area contributed by atoms with E-state index in [4.69, 9.17) is 18.9 Å². The minimum Gasteiger partial charge on any atom is -0.496 e. The first-order valence-corrected chi connectivity index (χ1v) is 6.75. The van der Waals surface area contributed by atoms with Crippen LogP contribution in [0.1, 0.15) is 18.4 Å². The lowest BCUT2D eigenvalue weighted by molar-refractivity contribution is 0.192. The predicted octanol–water partition coefficient (Wildman–Crippen LogP) is 2.23. The number of rotatable bonds is 10. The Kier molecular flexibility index (Phi) is 7.84. The Balaban J connectivity index is 2.59. The Morgan fingerprint density at radius 3 is 2.10 bits per heavy atom. The molecule has 0 aliphatic rings. The summed E-state index contributed by atoms with van der Waals surface area (Å²) in [4.78, 5) is 0. The Labute approximate surface area is 121 Å². The van der Waals surface area contributed by atoms with Crippen molar-refractivity contribution in [3.05, 3.63) is 17.7 Å². The zero-order chi connectivity index (χ0) is 14.8. The number of hydrogen-bond acceptors (Lipinski definition) is 5. The number of benzene rings is 1. The molecule has 0 saturated carbocycles. The molecule has 20 heavy (non-hydrogen) atoms. The highest BCUT2D eigenvalue weighted by molar-refractivity contribution is 5.50. The van der Waals surface area contributed by atoms with Crippen LogP contribution in [0.5, 0.6) is 17.2 Å². The SMILES string of the molecule is COCCCCNCc1cc(OC)c(OC)cc1OC. The molecule has 0 spiro atoms. The summed E-state index contributed by atoms with van der Waals surface area (Å²) in [7, 11) is 6.63. The van der Waals surface area contributed by atoms with Crippen molar-refractivity contribution < 1.29 is 18.9 Å². The van der Waals surface area contributed by atoms with Crippen molar-refractivity contribution in [3.8, 4) is 17.2 Å². The molecular weight excluding hydrogens is 258 g/mol. The lowest BCUT2D eigenvalue weighted by Gasteiger charge is -2.14. The Morgan fingerprint density at radius 2 is 1.50 bits per heavy atom. The first-order valence-electron chi connectivity index (χ1n) is 6.75. The minimum absolute atomic E-state index is 0.674. The standard InChI is InChI=1S/C15H25NO4/c1-17-8-6-5-7-16-11-12-9-14(19-3)15(20-4)10-13(12)18-2/h9-10,16H,5-8,11H2,1-4H3. The molecule has 0 aliphatic carbocycles. The molecule has 5 nitrogen and oxygen atoms in total. The molecule has 0 unspecified atom stereocenters. The summed E-state index contributed by atoms with van der Waals surface area (Å²) < 4.78 is 21.0. The van der Waals surface area contributed by atoms with E-state index in [9.17, 15) is 0 Å². The summed E-state index contributed by atoms with van der Waals surface area (Å²) in [5, 5.41) is 3.39. The van der Waals surface area contributed by atoms with Gasteiger partial charge in [0.2, 0.25) is 0 Å². The fourth-order valence-electron chi connectivity index (χ4n) is 1.95. The molecule has 1 N–H and O–H groups in total. The Hall–Kier alpha value is -1.46. The van der Waals surface area contributed by atoms with E-state index >= 15 is 0 Å². The van der Waals surface area contributed by atoms with Gasteiger partial charge in [0.15, 0.2) is 11.5 Å². The van der Waals surface area contributed by atoms with Gasteiger partial charge in [-0.05, 0) is 25.5 Å². The van der Waals surface area contributed by atoms with Gasteiger partial charge in [-0.1, -0.05) is 0 Å². The van der Waals surface area contributed by atoms with Crippen molar-refractivity contribution in [2.24, 2.45) is 0 Å². The maximum absolute atomic E-state index is 5.39. The Morgan fingerprint density at radius 1 is 0.850 bits per heavy atom. The predicted molar refractivity (Wildman–Crippen MR) is 78.9 cm³/mol. The minimum atomic E-state index is 0.674. The number of ether oxygens (including phenoxy) is 4. The van der Waals surface area contributed by atoms with Crippen LogP contribution in [0.25, 0.3) is 0 Å². The summed E-state index contributed by atoms with van der Waals surface area (Å²) in [5.74, 6) is 2.18. The molecule has 0 radical (unpaired) electrons. The molecule has 0 atom stereocenters. The van der Waals surface area contributed by atoms with Crippen LogP contribution in [0.15, 0.2) is 12.1 Å². The summed E-state index contributed by atoms with van der Waals surface area (Å²) in [6.45, 7) is 2.48. The van der Waals surface area contributed by atoms with Crippen molar-refractivity contribution in [1.82, 2.24) is 5.32 Å². The van der Waals surface area contributed by atoms with Gasteiger partial charge in [0.25, 0.3) is 0 Å². The van der Waals surface area contributed by atoms with Crippen LogP contribution in [0.2, 0.25) is 0 Å². The second-order valence-corrected chi connectivity index (χ2v) is 4.40. The smallest absolute Gasteiger partial charge is 0.164 e. The van der Waals surface area contributed by atoms with Crippen LogP contribution >= 0.6 is 0 Å². The largest absolute Gasteiger partial charge is 0.496 e. The van der Waals surface area contributed by atoms with Gasteiger partial charge in [-0.3, -0.25) is 0 Å². The highest BCUT2D eigenvalue weighted by Gasteiger charge is 2.11. The van der Waals surface area contributed by atoms with Gasteiger partial charge in [-0.15, -0.1) is 0 Å². The monoisotopic (exact) mass is 283 g/mol. The van der Waals surface area contributed by atoms with E-state index in [1.54, 1.807) is 28.4 Å². The van der Waals surface area contributed by atoms with Crippen LogP contribution in [0.4, 0.5) is 0 Å². The average molecular weight is 283 g/mol. The van der Waals surface area contributed by atoms with Crippen LogP contribution in [-0.4, -0.2) is 41.6 Å². The van der Waals surface area contributed by atoms with Gasteiger partial charge in [-0.2, -0.15) is 0 Å². The highest BCUT2D eigenvalue weighted by Crippen LogP contribution is 2.34. The molecule has 0 fully saturated rings. The maximum Gasteiger partial charge on any atom is 0.164 e. The van der Waals surface area contributed by atoms with E-state index in [0.29, 0.717) is 11.5 Å². The number of nitrogens with one attached hydrogen (secondary N) is 1. The average Bonchev–Trinajstić information content (AvgIpc) is 2.49. The van der Waals surface area contributed by atoms with E-state index in [1.807, 2.05) is 12.1 Å². The topological polar surface area (TPSA) is 49.0 Å². The lowest BCUT2D eigenvalue weighted by Crippen LogP contribution is -2.16. The molecule has 1 aromatic carbocycles. The molecule has 1 rings (SSSR count). The van der Waals surface area contributed by atoms with Crippen LogP contribution in [0.3, 0.4) is 0 Å². The summed E-state index contributed by atoms with van der Waals surface area (Å²) in [6.07, 6.45) is 2.15. The third-order valence-corrected chi connectivity index (χ3v) is 3.05. The second kappa shape index (κ2) is 9.44. The summed E-state index contributed by atoms with van der Waals surface area (Å²) in [6, 6.07) is 3.79. The fourth-order valence-corrected chi connectivity index (χ4v) is 1.95. The molecule has 0 heterocycles. The van der Waals surface area contributed by atoms with Gasteiger partial charge in [0.05, 0.1) is 21.3 Å². The molecule has 0 bridgehead atoms. The number of hydrogen-bond donors (Lipinski definition) is 1. The van der Waals surface area contributed by atoms with Gasteiger partial charge in [0.1, 0.15) is 5.75 Å². The highest BCUT2D eigenvalue weighted by atomic mass is 16.5. The molecule has 1 aromatic rings. The van der Waals surface area contributed by atoms with Crippen LogP contribution in [-0.2, 0) is 11.3 Å². The Bertz CT molecular complexity index is 396. The van der Waals surface area contributed by atoms with Gasteiger partial charge in [0, 0.05) is 31.9 Å². The summed E-state index contributed by atoms with van der Waals surface area (Å²) in [5.41, 5.74) is 1.05. The first kappa shape index (κ1) is 16.6. The van der Waals surface area contributed by atoms with Crippen LogP contribution < -0.4 is 19.5 Å². The number of methoxy groups -OCH3 is 4. The third-order valence-electron chi connectivity index (χ3n) is 3.05. The zero-order valence-corrected chi connectivity index (χ0v) is 12.8. The van der Waals surface area contributed by atoms with Crippen molar-refractivity contribution in [1.29, 1.82) is 0 Å². The van der Waals surface area contributed by atoms with E-state index in [2.05, 4.69) is 5.32 Å². The normalized spacial score (nSPS) is 10.4. The van der Waals surface area contributed by atoms with E-state index in [0.717, 1.165) is 43.9 Å². The van der Waals surface area contributed by atoms with E-state index < -0.39 is 0 Å². The second-order valence-electron chi connectivity index (χ2n) is 4.40. The lowest BCUT2D eigenvalue weighted by atomic mass is 10.1. The first-order chi connectivity index (χ1) is 9.76. The quantitative estimate of drug-likeness (QED) is 0.667. The van der Waals surface area contributed by atoms with Crippen molar-refractivity contribution in [2.45, 2.75) is 19.4 Å². The molecule has 5 heteroatoms. The fraction of sp³-hybridized carbons (Fsp3) is 0.600. The van der Waals surface area contributed by atoms with Crippen molar-refractivity contribution >= 4 is 0 Å². The maximum atomic E-state index is 5.39. The summed E-state index contributed by atoms with van der Waals surface area (Å²) >= 11 is 0. The van der Waals surface area contributed by atoms with E-state index in [1.165, 1.54) is 0 Å².